The molecular formula is C28H35F3N4O2. The summed E-state index contributed by atoms with van der Waals surface area (Å²) < 4.78 is 46.2. The van der Waals surface area contributed by atoms with Crippen LogP contribution in [0.2, 0.25) is 0 Å². The van der Waals surface area contributed by atoms with Gasteiger partial charge >= 0.3 is 0 Å². The molecule has 1 fully saturated rings. The van der Waals surface area contributed by atoms with Crippen LogP contribution in [-0.4, -0.2) is 54.9 Å². The molecule has 0 amide bonds. The molecule has 6 nitrogen and oxygen atoms in total. The molecule has 200 valence electrons. The minimum atomic E-state index is -0.937. The van der Waals surface area contributed by atoms with Crippen LogP contribution in [0.3, 0.4) is 0 Å². The van der Waals surface area contributed by atoms with Gasteiger partial charge in [0.2, 0.25) is 0 Å². The maximum atomic E-state index is 13.8. The van der Waals surface area contributed by atoms with E-state index in [0.717, 1.165) is 67.4 Å². The Kier molecular flexibility index (Phi) is 8.89. The zero-order chi connectivity index (χ0) is 26.4. The highest BCUT2D eigenvalue weighted by molar-refractivity contribution is 5.84. The van der Waals surface area contributed by atoms with Crippen molar-refractivity contribution in [1.82, 2.24) is 9.88 Å². The molecule has 1 aliphatic rings. The highest BCUT2D eigenvalue weighted by Gasteiger charge is 2.33. The van der Waals surface area contributed by atoms with E-state index in [1.807, 2.05) is 24.4 Å². The van der Waals surface area contributed by atoms with Crippen molar-refractivity contribution >= 4 is 16.6 Å². The lowest BCUT2D eigenvalue weighted by molar-refractivity contribution is 0.0370. The van der Waals surface area contributed by atoms with E-state index >= 15 is 0 Å². The number of benzene rings is 2. The number of hydrogen-bond acceptors (Lipinski definition) is 6. The molecule has 2 heterocycles. The molecule has 3 aromatic rings. The van der Waals surface area contributed by atoms with Gasteiger partial charge in [-0.2, -0.15) is 0 Å². The van der Waals surface area contributed by atoms with E-state index in [1.165, 1.54) is 5.56 Å². The summed E-state index contributed by atoms with van der Waals surface area (Å²) in [5.41, 5.74) is 8.68. The molecular weight excluding hydrogens is 481 g/mol. The smallest absolute Gasteiger partial charge is 0.152 e. The van der Waals surface area contributed by atoms with Gasteiger partial charge < -0.3 is 25.8 Å². The Morgan fingerprint density at radius 1 is 1.14 bits per heavy atom. The van der Waals surface area contributed by atoms with Crippen LogP contribution in [-0.2, 0) is 13.0 Å². The number of nitrogens with two attached hydrogens (primary N) is 1. The number of rotatable bonds is 11. The molecule has 1 aromatic heterocycles. The van der Waals surface area contributed by atoms with Crippen molar-refractivity contribution in [3.8, 4) is 5.75 Å². The Morgan fingerprint density at radius 3 is 2.51 bits per heavy atom. The molecule has 2 aromatic carbocycles. The summed E-state index contributed by atoms with van der Waals surface area (Å²) in [5, 5.41) is 14.1. The van der Waals surface area contributed by atoms with E-state index in [1.54, 1.807) is 7.11 Å². The number of aliphatic hydroxyl groups is 1. The molecule has 0 atom stereocenters. The Balaban J connectivity index is 1.32. The van der Waals surface area contributed by atoms with E-state index in [9.17, 15) is 18.3 Å². The van der Waals surface area contributed by atoms with Gasteiger partial charge in [-0.15, -0.1) is 0 Å². The number of ether oxygens (including phenoxy) is 1. The molecule has 4 N–H and O–H groups in total. The molecule has 0 aliphatic carbocycles. The number of pyridine rings is 1. The van der Waals surface area contributed by atoms with Crippen molar-refractivity contribution in [1.29, 1.82) is 0 Å². The van der Waals surface area contributed by atoms with Crippen LogP contribution in [0.4, 0.5) is 18.9 Å². The van der Waals surface area contributed by atoms with Gasteiger partial charge in [0.25, 0.3) is 0 Å². The van der Waals surface area contributed by atoms with Crippen molar-refractivity contribution in [2.45, 2.75) is 38.6 Å². The molecule has 0 spiro atoms. The van der Waals surface area contributed by atoms with E-state index in [-0.39, 0.29) is 17.7 Å². The second-order valence-electron chi connectivity index (χ2n) is 9.87. The predicted molar refractivity (Wildman–Crippen MR) is 139 cm³/mol. The first-order chi connectivity index (χ1) is 17.9. The lowest BCUT2D eigenvalue weighted by Crippen LogP contribution is -2.43. The lowest BCUT2D eigenvalue weighted by Gasteiger charge is -2.41. The lowest BCUT2D eigenvalue weighted by atomic mass is 9.75. The highest BCUT2D eigenvalue weighted by Crippen LogP contribution is 2.37. The van der Waals surface area contributed by atoms with Crippen molar-refractivity contribution in [2.24, 2.45) is 11.1 Å². The summed E-state index contributed by atoms with van der Waals surface area (Å²) in [5.74, 6) is -2.03. The number of aromatic nitrogens is 1. The summed E-state index contributed by atoms with van der Waals surface area (Å²) in [6.07, 6.45) is 6.17. The van der Waals surface area contributed by atoms with Gasteiger partial charge in [0.05, 0.1) is 12.6 Å². The molecule has 1 aliphatic heterocycles. The number of likely N-dealkylation sites (tertiary alicyclic amines) is 1. The standard InChI is InChI=1S/C28H35F3N4O2/c1-37-21-4-5-26-23(15-21)22(19(16-32)17-34-26)3-2-6-28(18-36)7-10-35(11-8-28)12-9-33-27-24(30)13-20(29)14-25(27)31/h4-5,13-15,17,33,36H,2-3,6-12,16,18,32H2,1H3. The van der Waals surface area contributed by atoms with Gasteiger partial charge in [-0.3, -0.25) is 4.98 Å². The Bertz CT molecular complexity index is 1190. The van der Waals surface area contributed by atoms with Crippen molar-refractivity contribution < 1.29 is 23.0 Å². The summed E-state index contributed by atoms with van der Waals surface area (Å²) in [7, 11) is 1.65. The fourth-order valence-electron chi connectivity index (χ4n) is 5.29. The number of hydrogen-bond donors (Lipinski definition) is 3. The number of nitrogens with one attached hydrogen (secondary N) is 1. The molecule has 1 saturated heterocycles. The SMILES string of the molecule is COc1ccc2ncc(CN)c(CCCC3(CO)CCN(CCNc4c(F)cc(F)cc4F)CC3)c2c1. The number of nitrogens with zero attached hydrogens (tertiary/aromatic N) is 2. The van der Waals surface area contributed by atoms with E-state index < -0.39 is 17.5 Å². The van der Waals surface area contributed by atoms with Crippen LogP contribution >= 0.6 is 0 Å². The average molecular weight is 517 g/mol. The van der Waals surface area contributed by atoms with Crippen molar-refractivity contribution in [3.63, 3.8) is 0 Å². The van der Waals surface area contributed by atoms with E-state index in [2.05, 4.69) is 15.2 Å². The number of aryl methyl sites for hydroxylation is 1. The fourth-order valence-corrected chi connectivity index (χ4v) is 5.29. The van der Waals surface area contributed by atoms with Crippen LogP contribution < -0.4 is 15.8 Å². The minimum Gasteiger partial charge on any atom is -0.497 e. The number of aliphatic hydroxyl groups excluding tert-OH is 1. The third-order valence-corrected chi connectivity index (χ3v) is 7.62. The zero-order valence-electron chi connectivity index (χ0n) is 21.2. The second-order valence-corrected chi connectivity index (χ2v) is 9.87. The average Bonchev–Trinajstić information content (AvgIpc) is 2.90. The predicted octanol–water partition coefficient (Wildman–Crippen LogP) is 4.63. The van der Waals surface area contributed by atoms with Gasteiger partial charge in [0.15, 0.2) is 11.6 Å². The van der Waals surface area contributed by atoms with Gasteiger partial charge in [-0.05, 0) is 79.9 Å². The van der Waals surface area contributed by atoms with Crippen LogP contribution in [0.1, 0.15) is 36.8 Å². The third kappa shape index (κ3) is 6.34. The van der Waals surface area contributed by atoms with Crippen LogP contribution in [0.5, 0.6) is 5.75 Å². The fraction of sp³-hybridized carbons (Fsp3) is 0.464. The number of methoxy groups -OCH3 is 1. The zero-order valence-corrected chi connectivity index (χ0v) is 21.2. The van der Waals surface area contributed by atoms with E-state index in [0.29, 0.717) is 31.8 Å². The third-order valence-electron chi connectivity index (χ3n) is 7.62. The number of fused-ring (bicyclic) bond motifs is 1. The quantitative estimate of drug-likeness (QED) is 0.345. The molecule has 37 heavy (non-hydrogen) atoms. The van der Waals surface area contributed by atoms with Crippen LogP contribution in [0.25, 0.3) is 10.9 Å². The summed E-state index contributed by atoms with van der Waals surface area (Å²) >= 11 is 0. The van der Waals surface area contributed by atoms with Crippen molar-refractivity contribution in [3.05, 3.63) is 65.1 Å². The van der Waals surface area contributed by atoms with Gasteiger partial charge in [0, 0.05) is 50.0 Å². The Hall–Kier alpha value is -2.88. The number of anilines is 1. The maximum Gasteiger partial charge on any atom is 0.152 e. The van der Waals surface area contributed by atoms with Crippen molar-refractivity contribution in [2.75, 3.05) is 45.2 Å². The molecule has 0 radical (unpaired) electrons. The monoisotopic (exact) mass is 516 g/mol. The molecule has 0 unspecified atom stereocenters. The highest BCUT2D eigenvalue weighted by atomic mass is 19.1. The number of piperidine rings is 1. The normalized spacial score (nSPS) is 15.7. The second kappa shape index (κ2) is 12.1. The molecule has 0 saturated carbocycles. The maximum absolute atomic E-state index is 13.8. The number of halogens is 3. The Labute approximate surface area is 215 Å². The van der Waals surface area contributed by atoms with Gasteiger partial charge in [0.1, 0.15) is 17.3 Å². The Morgan fingerprint density at radius 2 is 1.86 bits per heavy atom. The van der Waals surface area contributed by atoms with E-state index in [4.69, 9.17) is 10.5 Å². The molecule has 4 rings (SSSR count). The summed E-state index contributed by atoms with van der Waals surface area (Å²) in [4.78, 5) is 6.75. The largest absolute Gasteiger partial charge is 0.497 e. The summed E-state index contributed by atoms with van der Waals surface area (Å²) in [6, 6.07) is 7.21. The first-order valence-electron chi connectivity index (χ1n) is 12.7. The molecule has 9 heteroatoms. The first-order valence-corrected chi connectivity index (χ1v) is 12.7. The topological polar surface area (TPSA) is 83.6 Å². The van der Waals surface area contributed by atoms with Gasteiger partial charge in [-0.1, -0.05) is 0 Å². The summed E-state index contributed by atoms with van der Waals surface area (Å²) in [6.45, 7) is 3.06. The van der Waals surface area contributed by atoms with Crippen LogP contribution in [0, 0.1) is 22.9 Å². The minimum absolute atomic E-state index is 0.125. The van der Waals surface area contributed by atoms with Crippen LogP contribution in [0.15, 0.2) is 36.5 Å². The van der Waals surface area contributed by atoms with Gasteiger partial charge in [-0.25, -0.2) is 13.2 Å². The molecule has 0 bridgehead atoms. The first kappa shape index (κ1) is 27.2.